The number of nitrogens with zero attached hydrogens (tertiary/aromatic N) is 1. The van der Waals surface area contributed by atoms with Gasteiger partial charge in [0, 0.05) is 38.2 Å². The zero-order valence-electron chi connectivity index (χ0n) is 13.5. The third-order valence-electron chi connectivity index (χ3n) is 3.21. The van der Waals surface area contributed by atoms with Crippen LogP contribution in [0.3, 0.4) is 0 Å². The second-order valence-electron chi connectivity index (χ2n) is 5.05. The van der Waals surface area contributed by atoms with Crippen molar-refractivity contribution in [3.05, 3.63) is 41.6 Å². The molecule has 9 heteroatoms. The van der Waals surface area contributed by atoms with E-state index < -0.39 is 17.5 Å². The fraction of sp³-hybridized carbons (Fsp3) is 0.312. The Morgan fingerprint density at radius 2 is 1.96 bits per heavy atom. The summed E-state index contributed by atoms with van der Waals surface area (Å²) in [5.74, 6) is -2.65. The summed E-state index contributed by atoms with van der Waals surface area (Å²) in [4.78, 5) is 23.4. The van der Waals surface area contributed by atoms with Crippen LogP contribution in [-0.2, 0) is 9.53 Å². The molecule has 0 atom stereocenters. The minimum atomic E-state index is -1.03. The van der Waals surface area contributed by atoms with Gasteiger partial charge in [0.15, 0.2) is 23.1 Å². The van der Waals surface area contributed by atoms with Crippen LogP contribution < -0.4 is 10.6 Å². The molecule has 2 aromatic rings. The highest BCUT2D eigenvalue weighted by Crippen LogP contribution is 2.22. The molecule has 2 N–H and O–H groups in total. The van der Waals surface area contributed by atoms with Gasteiger partial charge in [-0.05, 0) is 18.2 Å². The molecule has 2 rings (SSSR count). The maximum Gasteiger partial charge on any atom is 0.273 e. The minimum Gasteiger partial charge on any atom is -0.383 e. The van der Waals surface area contributed by atoms with Crippen LogP contribution in [0.2, 0.25) is 0 Å². The van der Waals surface area contributed by atoms with Crippen LogP contribution in [0.4, 0.5) is 8.78 Å². The quantitative estimate of drug-likeness (QED) is 0.702. The highest BCUT2D eigenvalue weighted by atomic mass is 19.2. The zero-order valence-corrected chi connectivity index (χ0v) is 13.5. The number of halogens is 2. The van der Waals surface area contributed by atoms with Gasteiger partial charge in [-0.1, -0.05) is 5.16 Å². The molecule has 0 unspecified atom stereocenters. The van der Waals surface area contributed by atoms with E-state index in [4.69, 9.17) is 9.26 Å². The van der Waals surface area contributed by atoms with E-state index in [9.17, 15) is 18.4 Å². The molecule has 2 amide bonds. The maximum atomic E-state index is 13.2. The summed E-state index contributed by atoms with van der Waals surface area (Å²) in [6.07, 6.45) is 0.101. The summed E-state index contributed by atoms with van der Waals surface area (Å²) in [5.41, 5.74) is 0.225. The second-order valence-corrected chi connectivity index (χ2v) is 5.05. The van der Waals surface area contributed by atoms with Gasteiger partial charge in [0.2, 0.25) is 5.91 Å². The summed E-state index contributed by atoms with van der Waals surface area (Å²) in [7, 11) is 1.53. The number of nitrogens with one attached hydrogen (secondary N) is 2. The molecule has 0 fully saturated rings. The van der Waals surface area contributed by atoms with Gasteiger partial charge in [-0.15, -0.1) is 0 Å². The Bertz CT molecular complexity index is 749. The topological polar surface area (TPSA) is 93.5 Å². The number of methoxy groups -OCH3 is 1. The van der Waals surface area contributed by atoms with Crippen LogP contribution in [-0.4, -0.2) is 43.8 Å². The maximum absolute atomic E-state index is 13.2. The number of carbonyl (C=O) groups excluding carboxylic acids is 2. The Morgan fingerprint density at radius 3 is 2.68 bits per heavy atom. The Hall–Kier alpha value is -2.81. The van der Waals surface area contributed by atoms with Gasteiger partial charge in [-0.2, -0.15) is 0 Å². The lowest BCUT2D eigenvalue weighted by atomic mass is 10.1. The van der Waals surface area contributed by atoms with Gasteiger partial charge < -0.3 is 19.9 Å². The Balaban J connectivity index is 1.86. The molecule has 0 saturated carbocycles. The van der Waals surface area contributed by atoms with Gasteiger partial charge in [-0.25, -0.2) is 8.78 Å². The molecule has 1 heterocycles. The first-order valence-corrected chi connectivity index (χ1v) is 7.47. The standard InChI is InChI=1S/C16H17F2N3O4/c1-24-7-6-19-15(22)4-5-20-16(23)13-9-14(25-21-13)10-2-3-11(17)12(18)8-10/h2-3,8-9H,4-7H2,1H3,(H,19,22)(H,20,23). The molecule has 134 valence electrons. The average molecular weight is 353 g/mol. The van der Waals surface area contributed by atoms with E-state index in [1.165, 1.54) is 19.2 Å². The number of rotatable bonds is 8. The lowest BCUT2D eigenvalue weighted by molar-refractivity contribution is -0.121. The first-order valence-electron chi connectivity index (χ1n) is 7.47. The highest BCUT2D eigenvalue weighted by molar-refractivity contribution is 5.93. The summed E-state index contributed by atoms with van der Waals surface area (Å²) in [6.45, 7) is 0.916. The average Bonchev–Trinajstić information content (AvgIpc) is 3.07. The lowest BCUT2D eigenvalue weighted by Crippen LogP contribution is -2.32. The lowest BCUT2D eigenvalue weighted by Gasteiger charge is -2.04. The molecule has 0 aliphatic heterocycles. The minimum absolute atomic E-state index is 0.0282. The highest BCUT2D eigenvalue weighted by Gasteiger charge is 2.15. The number of hydrogen-bond donors (Lipinski definition) is 2. The molecule has 0 radical (unpaired) electrons. The van der Waals surface area contributed by atoms with Crippen molar-refractivity contribution in [2.75, 3.05) is 26.8 Å². The number of carbonyl (C=O) groups is 2. The predicted molar refractivity (Wildman–Crippen MR) is 83.7 cm³/mol. The predicted octanol–water partition coefficient (Wildman–Crippen LogP) is 1.50. The molecule has 1 aromatic carbocycles. The first-order chi connectivity index (χ1) is 12.0. The number of hydrogen-bond acceptors (Lipinski definition) is 5. The van der Waals surface area contributed by atoms with Crippen molar-refractivity contribution in [1.82, 2.24) is 15.8 Å². The van der Waals surface area contributed by atoms with Crippen LogP contribution in [0.25, 0.3) is 11.3 Å². The molecule has 0 spiro atoms. The van der Waals surface area contributed by atoms with E-state index in [1.54, 1.807) is 0 Å². The number of ether oxygens (including phenoxy) is 1. The van der Waals surface area contributed by atoms with E-state index in [1.807, 2.05) is 0 Å². The Kier molecular flexibility index (Phi) is 6.58. The number of benzene rings is 1. The normalized spacial score (nSPS) is 10.5. The molecule has 0 saturated heterocycles. The molecule has 0 aliphatic carbocycles. The Morgan fingerprint density at radius 1 is 1.16 bits per heavy atom. The largest absolute Gasteiger partial charge is 0.383 e. The van der Waals surface area contributed by atoms with Crippen LogP contribution in [0.15, 0.2) is 28.8 Å². The molecule has 1 aromatic heterocycles. The van der Waals surface area contributed by atoms with Gasteiger partial charge in [0.05, 0.1) is 6.61 Å². The Labute approximate surface area is 142 Å². The molecule has 0 aliphatic rings. The smallest absolute Gasteiger partial charge is 0.273 e. The van der Waals surface area contributed by atoms with E-state index >= 15 is 0 Å². The monoisotopic (exact) mass is 353 g/mol. The van der Waals surface area contributed by atoms with Crippen molar-refractivity contribution in [3.8, 4) is 11.3 Å². The van der Waals surface area contributed by atoms with Crippen molar-refractivity contribution in [2.24, 2.45) is 0 Å². The molecular formula is C16H17F2N3O4. The summed E-state index contributed by atoms with van der Waals surface area (Å²) in [6, 6.07) is 4.52. The zero-order chi connectivity index (χ0) is 18.2. The van der Waals surface area contributed by atoms with Gasteiger partial charge in [0.25, 0.3) is 5.91 Å². The van der Waals surface area contributed by atoms with Crippen LogP contribution in [0, 0.1) is 11.6 Å². The SMILES string of the molecule is COCCNC(=O)CCNC(=O)c1cc(-c2ccc(F)c(F)c2)on1. The summed E-state index contributed by atoms with van der Waals surface area (Å²) in [5, 5.41) is 8.72. The van der Waals surface area contributed by atoms with Gasteiger partial charge >= 0.3 is 0 Å². The van der Waals surface area contributed by atoms with E-state index in [2.05, 4.69) is 15.8 Å². The van der Waals surface area contributed by atoms with E-state index in [-0.39, 0.29) is 35.9 Å². The number of amides is 2. The second kappa shape index (κ2) is 8.88. The van der Waals surface area contributed by atoms with Gasteiger partial charge in [0.1, 0.15) is 0 Å². The van der Waals surface area contributed by atoms with Crippen LogP contribution in [0.1, 0.15) is 16.9 Å². The van der Waals surface area contributed by atoms with Crippen LogP contribution >= 0.6 is 0 Å². The molecule has 7 nitrogen and oxygen atoms in total. The van der Waals surface area contributed by atoms with Crippen molar-refractivity contribution in [1.29, 1.82) is 0 Å². The van der Waals surface area contributed by atoms with Gasteiger partial charge in [-0.3, -0.25) is 9.59 Å². The van der Waals surface area contributed by atoms with Crippen LogP contribution in [0.5, 0.6) is 0 Å². The summed E-state index contributed by atoms with van der Waals surface area (Å²) >= 11 is 0. The van der Waals surface area contributed by atoms with Crippen molar-refractivity contribution < 1.29 is 27.6 Å². The van der Waals surface area contributed by atoms with Crippen molar-refractivity contribution >= 4 is 11.8 Å². The fourth-order valence-corrected chi connectivity index (χ4v) is 1.93. The van der Waals surface area contributed by atoms with E-state index in [0.29, 0.717) is 13.2 Å². The molecule has 25 heavy (non-hydrogen) atoms. The first kappa shape index (κ1) is 18.5. The van der Waals surface area contributed by atoms with E-state index in [0.717, 1.165) is 12.1 Å². The molecular weight excluding hydrogens is 336 g/mol. The van der Waals surface area contributed by atoms with Crippen molar-refractivity contribution in [2.45, 2.75) is 6.42 Å². The third-order valence-corrected chi connectivity index (χ3v) is 3.21. The third kappa shape index (κ3) is 5.35. The number of aromatic nitrogens is 1. The fourth-order valence-electron chi connectivity index (χ4n) is 1.93. The summed E-state index contributed by atoms with van der Waals surface area (Å²) < 4.78 is 35.9. The molecule has 0 bridgehead atoms. The van der Waals surface area contributed by atoms with Crippen molar-refractivity contribution in [3.63, 3.8) is 0 Å².